The Labute approximate surface area is 110 Å². The number of nitrogens with zero attached hydrogens (tertiary/aromatic N) is 3. The van der Waals surface area contributed by atoms with E-state index in [4.69, 9.17) is 10.5 Å². The molecule has 1 saturated heterocycles. The van der Waals surface area contributed by atoms with Gasteiger partial charge in [-0.2, -0.15) is 4.37 Å². The maximum Gasteiger partial charge on any atom is 0.344 e. The number of hydrogen-bond acceptors (Lipinski definition) is 7. The Bertz CT molecular complexity index is 427. The third kappa shape index (κ3) is 2.41. The van der Waals surface area contributed by atoms with Gasteiger partial charge in [0.05, 0.1) is 7.11 Å². The number of aromatic nitrogens is 1. The molecule has 2 heterocycles. The predicted molar refractivity (Wildman–Crippen MR) is 72.2 cm³/mol. The molecule has 7 heteroatoms. The van der Waals surface area contributed by atoms with Crippen molar-refractivity contribution in [2.45, 2.75) is 6.92 Å². The lowest BCUT2D eigenvalue weighted by Gasteiger charge is -2.34. The van der Waals surface area contributed by atoms with E-state index in [1.165, 1.54) is 18.6 Å². The first-order valence-electron chi connectivity index (χ1n) is 5.98. The van der Waals surface area contributed by atoms with Gasteiger partial charge < -0.3 is 20.3 Å². The second-order valence-electron chi connectivity index (χ2n) is 4.16. The van der Waals surface area contributed by atoms with Crippen molar-refractivity contribution in [3.63, 3.8) is 0 Å². The molecule has 0 radical (unpaired) electrons. The van der Waals surface area contributed by atoms with Crippen LogP contribution in [-0.2, 0) is 4.74 Å². The zero-order valence-electron chi connectivity index (χ0n) is 10.7. The lowest BCUT2D eigenvalue weighted by molar-refractivity contribution is 0.0603. The number of methoxy groups -OCH3 is 1. The summed E-state index contributed by atoms with van der Waals surface area (Å²) in [6.45, 7) is 6.98. The Morgan fingerprint density at radius 3 is 2.67 bits per heavy atom. The highest BCUT2D eigenvalue weighted by molar-refractivity contribution is 7.11. The van der Waals surface area contributed by atoms with Gasteiger partial charge in [0, 0.05) is 26.2 Å². The van der Waals surface area contributed by atoms with E-state index in [-0.39, 0.29) is 5.82 Å². The van der Waals surface area contributed by atoms with Crippen molar-refractivity contribution in [3.05, 3.63) is 5.56 Å². The molecule has 0 atom stereocenters. The minimum absolute atomic E-state index is 0.264. The second kappa shape index (κ2) is 5.53. The molecule has 0 bridgehead atoms. The Hall–Kier alpha value is -1.34. The molecule has 0 amide bonds. The lowest BCUT2D eigenvalue weighted by atomic mass is 10.2. The monoisotopic (exact) mass is 270 g/mol. The molecule has 1 aromatic rings. The van der Waals surface area contributed by atoms with Crippen LogP contribution in [0.2, 0.25) is 0 Å². The van der Waals surface area contributed by atoms with E-state index < -0.39 is 5.97 Å². The summed E-state index contributed by atoms with van der Waals surface area (Å²) in [6.07, 6.45) is 0. The molecular formula is C11H18N4O2S. The van der Waals surface area contributed by atoms with Crippen LogP contribution in [0.3, 0.4) is 0 Å². The fourth-order valence-electron chi connectivity index (χ4n) is 2.07. The number of nitrogens with two attached hydrogens (primary N) is 1. The van der Waals surface area contributed by atoms with E-state index in [1.54, 1.807) is 0 Å². The SMILES string of the molecule is CCN1CCN(c2snc(N)c2C(=O)OC)CC1. The Balaban J connectivity index is 2.17. The molecule has 2 N–H and O–H groups in total. The van der Waals surface area contributed by atoms with Gasteiger partial charge in [0.15, 0.2) is 5.82 Å². The maximum absolute atomic E-state index is 11.7. The van der Waals surface area contributed by atoms with E-state index in [2.05, 4.69) is 21.1 Å². The average molecular weight is 270 g/mol. The minimum atomic E-state index is -0.408. The average Bonchev–Trinajstić information content (AvgIpc) is 2.80. The Morgan fingerprint density at radius 2 is 2.11 bits per heavy atom. The Morgan fingerprint density at radius 1 is 1.44 bits per heavy atom. The number of piperazine rings is 1. The number of carbonyl (C=O) groups excluding carboxylic acids is 1. The van der Waals surface area contributed by atoms with Gasteiger partial charge in [0.25, 0.3) is 0 Å². The zero-order valence-corrected chi connectivity index (χ0v) is 11.5. The molecule has 0 aromatic carbocycles. The van der Waals surface area contributed by atoms with Crippen molar-refractivity contribution >= 4 is 28.3 Å². The molecule has 6 nitrogen and oxygen atoms in total. The standard InChI is InChI=1S/C11H18N4O2S/c1-3-14-4-6-15(7-5-14)10-8(11(16)17-2)9(12)13-18-10/h3-7H2,1-2H3,(H2,12,13). The summed E-state index contributed by atoms with van der Waals surface area (Å²) in [4.78, 5) is 16.2. The maximum atomic E-state index is 11.7. The summed E-state index contributed by atoms with van der Waals surface area (Å²) in [5, 5.41) is 0.829. The first-order chi connectivity index (χ1) is 8.67. The summed E-state index contributed by atoms with van der Waals surface area (Å²) < 4.78 is 8.82. The highest BCUT2D eigenvalue weighted by Gasteiger charge is 2.26. The van der Waals surface area contributed by atoms with Crippen LogP contribution in [0.1, 0.15) is 17.3 Å². The molecule has 1 fully saturated rings. The normalized spacial score (nSPS) is 16.9. The van der Waals surface area contributed by atoms with Crippen LogP contribution in [0.5, 0.6) is 0 Å². The van der Waals surface area contributed by atoms with Gasteiger partial charge >= 0.3 is 5.97 Å². The van der Waals surface area contributed by atoms with E-state index in [1.807, 2.05) is 0 Å². The van der Waals surface area contributed by atoms with Crippen LogP contribution in [0.15, 0.2) is 0 Å². The van der Waals surface area contributed by atoms with Gasteiger partial charge in [-0.15, -0.1) is 0 Å². The summed E-state index contributed by atoms with van der Waals surface area (Å²) >= 11 is 1.27. The van der Waals surface area contributed by atoms with E-state index >= 15 is 0 Å². The smallest absolute Gasteiger partial charge is 0.344 e. The number of carbonyl (C=O) groups is 1. The van der Waals surface area contributed by atoms with Crippen molar-refractivity contribution in [2.24, 2.45) is 0 Å². The summed E-state index contributed by atoms with van der Waals surface area (Å²) in [7, 11) is 1.36. The molecular weight excluding hydrogens is 252 g/mol. The number of esters is 1. The van der Waals surface area contributed by atoms with Crippen LogP contribution in [0.4, 0.5) is 10.8 Å². The van der Waals surface area contributed by atoms with Gasteiger partial charge in [-0.05, 0) is 18.1 Å². The molecule has 0 unspecified atom stereocenters. The third-order valence-electron chi connectivity index (χ3n) is 3.20. The van der Waals surface area contributed by atoms with Crippen molar-refractivity contribution in [1.82, 2.24) is 9.27 Å². The van der Waals surface area contributed by atoms with Gasteiger partial charge in [0.1, 0.15) is 10.6 Å². The van der Waals surface area contributed by atoms with Gasteiger partial charge in [-0.1, -0.05) is 6.92 Å². The largest absolute Gasteiger partial charge is 0.465 e. The van der Waals surface area contributed by atoms with Crippen molar-refractivity contribution < 1.29 is 9.53 Å². The third-order valence-corrected chi connectivity index (χ3v) is 4.12. The summed E-state index contributed by atoms with van der Waals surface area (Å²) in [6, 6.07) is 0. The Kier molecular flexibility index (Phi) is 4.03. The highest BCUT2D eigenvalue weighted by atomic mass is 32.1. The summed E-state index contributed by atoms with van der Waals surface area (Å²) in [5.74, 6) is -0.144. The fraction of sp³-hybridized carbons (Fsp3) is 0.636. The molecule has 1 aliphatic heterocycles. The fourth-order valence-corrected chi connectivity index (χ4v) is 2.92. The minimum Gasteiger partial charge on any atom is -0.465 e. The number of anilines is 2. The van der Waals surface area contributed by atoms with Crippen LogP contribution in [0, 0.1) is 0 Å². The lowest BCUT2D eigenvalue weighted by Crippen LogP contribution is -2.46. The summed E-state index contributed by atoms with van der Waals surface area (Å²) in [5.41, 5.74) is 6.15. The van der Waals surface area contributed by atoms with Crippen LogP contribution in [0.25, 0.3) is 0 Å². The molecule has 100 valence electrons. The van der Waals surface area contributed by atoms with Crippen LogP contribution in [-0.4, -0.2) is 55.1 Å². The zero-order chi connectivity index (χ0) is 13.1. The second-order valence-corrected chi connectivity index (χ2v) is 4.91. The molecule has 1 aromatic heterocycles. The number of nitrogen functional groups attached to an aromatic ring is 1. The van der Waals surface area contributed by atoms with Crippen molar-refractivity contribution in [2.75, 3.05) is 50.5 Å². The quantitative estimate of drug-likeness (QED) is 0.813. The van der Waals surface area contributed by atoms with Gasteiger partial charge in [0.2, 0.25) is 0 Å². The predicted octanol–water partition coefficient (Wildman–Crippen LogP) is 0.654. The van der Waals surface area contributed by atoms with Crippen molar-refractivity contribution in [1.29, 1.82) is 0 Å². The molecule has 0 aliphatic carbocycles. The van der Waals surface area contributed by atoms with E-state index in [0.717, 1.165) is 37.7 Å². The number of ether oxygens (including phenoxy) is 1. The number of hydrogen-bond donors (Lipinski definition) is 1. The molecule has 0 spiro atoms. The van der Waals surface area contributed by atoms with Crippen LogP contribution < -0.4 is 10.6 Å². The topological polar surface area (TPSA) is 71.7 Å². The van der Waals surface area contributed by atoms with E-state index in [9.17, 15) is 4.79 Å². The van der Waals surface area contributed by atoms with Gasteiger partial charge in [-0.25, -0.2) is 4.79 Å². The molecule has 2 rings (SSSR count). The first kappa shape index (κ1) is 13.1. The first-order valence-corrected chi connectivity index (χ1v) is 6.75. The van der Waals surface area contributed by atoms with Gasteiger partial charge in [-0.3, -0.25) is 0 Å². The molecule has 1 aliphatic rings. The number of rotatable bonds is 3. The van der Waals surface area contributed by atoms with E-state index in [0.29, 0.717) is 5.56 Å². The molecule has 0 saturated carbocycles. The number of likely N-dealkylation sites (N-methyl/N-ethyl adjacent to an activating group) is 1. The van der Waals surface area contributed by atoms with Crippen LogP contribution >= 0.6 is 11.5 Å². The highest BCUT2D eigenvalue weighted by Crippen LogP contribution is 2.31. The molecule has 18 heavy (non-hydrogen) atoms. The van der Waals surface area contributed by atoms with Crippen molar-refractivity contribution in [3.8, 4) is 0 Å².